The highest BCUT2D eigenvalue weighted by Gasteiger charge is 2.14. The predicted molar refractivity (Wildman–Crippen MR) is 114 cm³/mol. The van der Waals surface area contributed by atoms with Gasteiger partial charge in [0.05, 0.1) is 12.0 Å². The van der Waals surface area contributed by atoms with Gasteiger partial charge in [-0.2, -0.15) is 5.10 Å². The lowest BCUT2D eigenvalue weighted by Crippen LogP contribution is -2.19. The number of H-pyrrole nitrogens is 1. The van der Waals surface area contributed by atoms with Crippen molar-refractivity contribution in [1.82, 2.24) is 10.5 Å². The van der Waals surface area contributed by atoms with Gasteiger partial charge in [-0.1, -0.05) is 64.5 Å². The van der Waals surface area contributed by atoms with E-state index in [1.54, 1.807) is 11.8 Å². The summed E-state index contributed by atoms with van der Waals surface area (Å²) in [6.07, 6.45) is 1.35. The standard InChI is InChI=1S/C18H15ClN4O3S3/c19-13-4-2-1-3-12(13)9-27-17-22-23-18(29-17)28-10-16(26)21-20-8-11-5-6-14(24)15(25)7-11/h1-8,24-25H,9-10H2,(H,21,26). The monoisotopic (exact) mass is 466 g/mol. The number of carbonyl (C=O) groups is 1. The number of phenolic OH excluding ortho intramolecular Hbond substituents is 1. The summed E-state index contributed by atoms with van der Waals surface area (Å²) in [5.74, 6) is -0.249. The van der Waals surface area contributed by atoms with Gasteiger partial charge in [0, 0.05) is 15.9 Å². The Morgan fingerprint density at radius 3 is 2.97 bits per heavy atom. The van der Waals surface area contributed by atoms with Gasteiger partial charge in [-0.3, -0.25) is 4.79 Å². The SMILES string of the molecule is O=C(CSc1n[nH+]c(SCc2ccccc2Cl)s1)NN=Cc1ccc([O-])c(O)c1. The van der Waals surface area contributed by atoms with Crippen molar-refractivity contribution < 1.29 is 20.1 Å². The third kappa shape index (κ3) is 6.64. The molecule has 3 N–H and O–H groups in total. The molecular formula is C18H15ClN4O3S3. The van der Waals surface area contributed by atoms with Gasteiger partial charge in [0.25, 0.3) is 5.91 Å². The second-order valence-corrected chi connectivity index (χ2v) is 9.44. The van der Waals surface area contributed by atoms with Crippen LogP contribution in [0.5, 0.6) is 11.5 Å². The number of aromatic amines is 1. The molecule has 3 aromatic rings. The Morgan fingerprint density at radius 1 is 1.34 bits per heavy atom. The highest BCUT2D eigenvalue weighted by Crippen LogP contribution is 2.30. The maximum absolute atomic E-state index is 11.9. The smallest absolute Gasteiger partial charge is 0.323 e. The summed E-state index contributed by atoms with van der Waals surface area (Å²) in [7, 11) is 0. The number of carbonyl (C=O) groups excluding carboxylic acids is 1. The number of aromatic hydroxyl groups is 1. The van der Waals surface area contributed by atoms with Crippen LogP contribution in [-0.2, 0) is 10.5 Å². The molecule has 0 fully saturated rings. The number of aromatic nitrogens is 2. The fourth-order valence-corrected chi connectivity index (χ4v) is 5.22. The molecule has 0 bridgehead atoms. The fraction of sp³-hybridized carbons (Fsp3) is 0.111. The van der Waals surface area contributed by atoms with Crippen molar-refractivity contribution in [1.29, 1.82) is 0 Å². The average Bonchev–Trinajstić information content (AvgIpc) is 3.16. The number of nitrogens with one attached hydrogen (secondary N) is 2. The lowest BCUT2D eigenvalue weighted by Gasteiger charge is -2.07. The minimum absolute atomic E-state index is 0.151. The molecule has 0 aliphatic carbocycles. The Bertz CT molecular complexity index is 1030. The molecule has 3 rings (SSSR count). The number of phenols is 1. The molecule has 0 aliphatic heterocycles. The Hall–Kier alpha value is -2.27. The summed E-state index contributed by atoms with van der Waals surface area (Å²) in [4.78, 5) is 11.9. The van der Waals surface area contributed by atoms with E-state index in [1.165, 1.54) is 47.5 Å². The number of amides is 1. The van der Waals surface area contributed by atoms with Gasteiger partial charge in [0.1, 0.15) is 5.75 Å². The number of hydrogen-bond acceptors (Lipinski definition) is 8. The lowest BCUT2D eigenvalue weighted by molar-refractivity contribution is -0.492. The minimum Gasteiger partial charge on any atom is -0.870 e. The number of hydrazone groups is 1. The van der Waals surface area contributed by atoms with Crippen molar-refractivity contribution >= 4 is 58.6 Å². The van der Waals surface area contributed by atoms with Crippen LogP contribution in [0, 0.1) is 0 Å². The van der Waals surface area contributed by atoms with E-state index >= 15 is 0 Å². The molecule has 150 valence electrons. The number of nitrogens with zero attached hydrogens (tertiary/aromatic N) is 2. The summed E-state index contributed by atoms with van der Waals surface area (Å²) in [5.41, 5.74) is 3.94. The van der Waals surface area contributed by atoms with E-state index in [2.05, 4.69) is 20.7 Å². The van der Waals surface area contributed by atoms with Gasteiger partial charge in [-0.05, 0) is 46.4 Å². The number of thioether (sulfide) groups is 2. The molecule has 2 aromatic carbocycles. The largest absolute Gasteiger partial charge is 0.870 e. The van der Waals surface area contributed by atoms with E-state index in [9.17, 15) is 15.0 Å². The van der Waals surface area contributed by atoms with Crippen LogP contribution >= 0.6 is 46.5 Å². The van der Waals surface area contributed by atoms with Crippen molar-refractivity contribution in [3.05, 3.63) is 58.6 Å². The van der Waals surface area contributed by atoms with Gasteiger partial charge >= 0.3 is 4.34 Å². The third-order valence-electron chi connectivity index (χ3n) is 3.45. The molecule has 0 saturated heterocycles. The van der Waals surface area contributed by atoms with Crippen LogP contribution in [0.4, 0.5) is 0 Å². The van der Waals surface area contributed by atoms with Crippen LogP contribution < -0.4 is 15.6 Å². The molecule has 0 radical (unpaired) electrons. The van der Waals surface area contributed by atoms with Crippen molar-refractivity contribution in [2.24, 2.45) is 5.10 Å². The van der Waals surface area contributed by atoms with E-state index in [4.69, 9.17) is 11.6 Å². The first-order chi connectivity index (χ1) is 14.0. The molecule has 1 heterocycles. The first kappa shape index (κ1) is 21.4. The number of benzene rings is 2. The molecular weight excluding hydrogens is 452 g/mol. The normalized spacial score (nSPS) is 11.1. The summed E-state index contributed by atoms with van der Waals surface area (Å²) in [6, 6.07) is 11.7. The number of hydrogen-bond donors (Lipinski definition) is 2. The summed E-state index contributed by atoms with van der Waals surface area (Å²) >= 11 is 10.5. The zero-order valence-electron chi connectivity index (χ0n) is 14.8. The van der Waals surface area contributed by atoms with Gasteiger partial charge < -0.3 is 10.2 Å². The molecule has 0 saturated carbocycles. The van der Waals surface area contributed by atoms with E-state index in [0.29, 0.717) is 5.56 Å². The highest BCUT2D eigenvalue weighted by molar-refractivity contribution is 8.03. The quantitative estimate of drug-likeness (QED) is 0.300. The molecule has 0 spiro atoms. The van der Waals surface area contributed by atoms with Gasteiger partial charge in [-0.25, -0.2) is 5.43 Å². The summed E-state index contributed by atoms with van der Waals surface area (Å²) < 4.78 is 1.66. The van der Waals surface area contributed by atoms with E-state index in [0.717, 1.165) is 25.0 Å². The topological polar surface area (TPSA) is 112 Å². The molecule has 0 unspecified atom stereocenters. The van der Waals surface area contributed by atoms with Crippen LogP contribution in [0.3, 0.4) is 0 Å². The molecule has 1 amide bonds. The summed E-state index contributed by atoms with van der Waals surface area (Å²) in [6.45, 7) is 0. The Kier molecular flexibility index (Phi) is 7.76. The predicted octanol–water partition coefficient (Wildman–Crippen LogP) is 2.92. The molecule has 1 aromatic heterocycles. The van der Waals surface area contributed by atoms with E-state index in [1.807, 2.05) is 24.3 Å². The van der Waals surface area contributed by atoms with Crippen molar-refractivity contribution in [3.63, 3.8) is 0 Å². The fourth-order valence-electron chi connectivity index (χ4n) is 2.05. The first-order valence-electron chi connectivity index (χ1n) is 8.20. The zero-order chi connectivity index (χ0) is 20.6. The maximum Gasteiger partial charge on any atom is 0.323 e. The Balaban J connectivity index is 1.43. The van der Waals surface area contributed by atoms with Gasteiger partial charge in [-0.15, -0.1) is 0 Å². The highest BCUT2D eigenvalue weighted by atomic mass is 35.5. The van der Waals surface area contributed by atoms with Crippen LogP contribution in [0.1, 0.15) is 11.1 Å². The van der Waals surface area contributed by atoms with Crippen molar-refractivity contribution in [2.75, 3.05) is 5.75 Å². The van der Waals surface area contributed by atoms with Crippen LogP contribution in [0.25, 0.3) is 0 Å². The molecule has 0 atom stereocenters. The molecule has 0 aliphatic rings. The second-order valence-electron chi connectivity index (χ2n) is 5.57. The minimum atomic E-state index is -0.466. The van der Waals surface area contributed by atoms with Gasteiger partial charge in [0.15, 0.2) is 0 Å². The van der Waals surface area contributed by atoms with Crippen molar-refractivity contribution in [2.45, 2.75) is 14.4 Å². The third-order valence-corrected chi connectivity index (χ3v) is 7.12. The average molecular weight is 467 g/mol. The Labute approximate surface area is 184 Å². The molecule has 11 heteroatoms. The van der Waals surface area contributed by atoms with Crippen molar-refractivity contribution in [3.8, 4) is 11.5 Å². The van der Waals surface area contributed by atoms with Crippen LogP contribution in [-0.4, -0.2) is 28.1 Å². The molecule has 29 heavy (non-hydrogen) atoms. The van der Waals surface area contributed by atoms with Crippen LogP contribution in [0.15, 0.2) is 56.2 Å². The zero-order valence-corrected chi connectivity index (χ0v) is 18.0. The number of rotatable bonds is 8. The lowest BCUT2D eigenvalue weighted by atomic mass is 10.2. The van der Waals surface area contributed by atoms with Gasteiger partial charge in [0.2, 0.25) is 4.34 Å². The maximum atomic E-state index is 11.9. The Morgan fingerprint density at radius 2 is 2.17 bits per heavy atom. The molecule has 7 nitrogen and oxygen atoms in total. The summed E-state index contributed by atoms with van der Waals surface area (Å²) in [5, 5.41) is 32.2. The number of halogens is 1. The first-order valence-corrected chi connectivity index (χ1v) is 11.4. The van der Waals surface area contributed by atoms with E-state index in [-0.39, 0.29) is 17.4 Å². The second kappa shape index (κ2) is 10.5. The van der Waals surface area contributed by atoms with Crippen LogP contribution in [0.2, 0.25) is 5.02 Å². The van der Waals surface area contributed by atoms with E-state index < -0.39 is 5.75 Å².